The van der Waals surface area contributed by atoms with Gasteiger partial charge in [-0.2, -0.15) is 26.3 Å². The summed E-state index contributed by atoms with van der Waals surface area (Å²) >= 11 is 7.41. The van der Waals surface area contributed by atoms with Gasteiger partial charge in [-0.3, -0.25) is 14.5 Å². The Kier molecular flexibility index (Phi) is 9.14. The van der Waals surface area contributed by atoms with Crippen LogP contribution in [-0.2, 0) is 28.4 Å². The number of amides is 1. The molecule has 0 atom stereocenters. The molecule has 0 unspecified atom stereocenters. The van der Waals surface area contributed by atoms with Gasteiger partial charge in [-0.15, -0.1) is 11.3 Å². The van der Waals surface area contributed by atoms with Crippen molar-refractivity contribution in [1.82, 2.24) is 4.90 Å². The molecule has 3 aromatic rings. The van der Waals surface area contributed by atoms with Gasteiger partial charge in [-0.05, 0) is 71.0 Å². The van der Waals surface area contributed by atoms with Gasteiger partial charge in [-0.25, -0.2) is 0 Å². The highest BCUT2D eigenvalue weighted by molar-refractivity contribution is 8.26. The van der Waals surface area contributed by atoms with E-state index in [1.165, 1.54) is 22.4 Å². The van der Waals surface area contributed by atoms with Crippen LogP contribution in [0.4, 0.5) is 26.3 Å². The second-order valence-corrected chi connectivity index (χ2v) is 11.4. The summed E-state index contributed by atoms with van der Waals surface area (Å²) in [6, 6.07) is 9.46. The van der Waals surface area contributed by atoms with Crippen LogP contribution in [0.2, 0.25) is 0 Å². The number of carboxylic acids is 1. The zero-order valence-electron chi connectivity index (χ0n) is 20.7. The van der Waals surface area contributed by atoms with Gasteiger partial charge in [0.25, 0.3) is 5.91 Å². The number of hydrogen-bond acceptors (Lipinski definition) is 6. The summed E-state index contributed by atoms with van der Waals surface area (Å²) in [4.78, 5) is 25.9. The molecular weight excluding hydrogens is 612 g/mol. The van der Waals surface area contributed by atoms with Gasteiger partial charge in [0.1, 0.15) is 10.1 Å². The Bertz CT molecular complexity index is 1480. The van der Waals surface area contributed by atoms with Crippen molar-refractivity contribution in [2.75, 3.05) is 13.2 Å². The van der Waals surface area contributed by atoms with Crippen molar-refractivity contribution in [2.24, 2.45) is 0 Å². The van der Waals surface area contributed by atoms with E-state index in [0.29, 0.717) is 39.1 Å². The van der Waals surface area contributed by atoms with E-state index in [1.54, 1.807) is 24.3 Å². The number of rotatable bonds is 9. The van der Waals surface area contributed by atoms with E-state index in [0.717, 1.165) is 23.1 Å². The molecule has 5 nitrogen and oxygen atoms in total. The normalized spacial score (nSPS) is 15.2. The summed E-state index contributed by atoms with van der Waals surface area (Å²) in [6.45, 7) is 0.481. The standard InChI is InChI=1S/C27H19F6NO4S3/c28-26(29,30)18-9-16(10-19(12-18)27(31,32)33)17-11-21(40-14-17)13-22-24(37)34(25(39)41-22)5-2-6-38-20-4-1-3-15(7-20)8-23(35)36/h1,3-4,7,9-14H,2,5-6,8H2,(H,35,36)/b22-13-. The fraction of sp³-hybridized carbons (Fsp3) is 0.222. The first-order valence-corrected chi connectivity index (χ1v) is 13.9. The number of benzene rings is 2. The average molecular weight is 632 g/mol. The maximum absolute atomic E-state index is 13.2. The van der Waals surface area contributed by atoms with Crippen LogP contribution >= 0.6 is 35.3 Å². The molecule has 14 heteroatoms. The van der Waals surface area contributed by atoms with Crippen LogP contribution in [0, 0.1) is 0 Å². The molecule has 41 heavy (non-hydrogen) atoms. The first-order chi connectivity index (χ1) is 19.2. The van der Waals surface area contributed by atoms with Crippen LogP contribution in [0.15, 0.2) is 58.8 Å². The van der Waals surface area contributed by atoms with Crippen LogP contribution in [-0.4, -0.2) is 39.4 Å². The quantitative estimate of drug-likeness (QED) is 0.113. The first-order valence-electron chi connectivity index (χ1n) is 11.8. The molecule has 1 N–H and O–H groups in total. The summed E-state index contributed by atoms with van der Waals surface area (Å²) in [5.41, 5.74) is -2.33. The van der Waals surface area contributed by atoms with Gasteiger partial charge < -0.3 is 9.84 Å². The Labute approximate surface area is 243 Å². The van der Waals surface area contributed by atoms with Crippen LogP contribution in [0.1, 0.15) is 28.0 Å². The number of nitrogens with zero attached hydrogens (tertiary/aromatic N) is 1. The van der Waals surface area contributed by atoms with Gasteiger partial charge in [0.15, 0.2) is 0 Å². The minimum atomic E-state index is -4.96. The third-order valence-electron chi connectivity index (χ3n) is 5.74. The molecule has 0 saturated carbocycles. The van der Waals surface area contributed by atoms with Gasteiger partial charge in [0, 0.05) is 11.4 Å². The van der Waals surface area contributed by atoms with Crippen molar-refractivity contribution in [3.63, 3.8) is 0 Å². The number of alkyl halides is 6. The molecule has 1 aliphatic heterocycles. The summed E-state index contributed by atoms with van der Waals surface area (Å²) in [6.07, 6.45) is -8.14. The average Bonchev–Trinajstić information content (AvgIpc) is 3.45. The molecule has 4 rings (SSSR count). The Hall–Kier alpha value is -3.36. The number of carbonyl (C=O) groups excluding carboxylic acids is 1. The van der Waals surface area contributed by atoms with Crippen LogP contribution in [0.5, 0.6) is 5.75 Å². The molecule has 1 amide bonds. The number of carboxylic acid groups (broad SMARTS) is 1. The van der Waals surface area contributed by atoms with Crippen molar-refractivity contribution in [2.45, 2.75) is 25.2 Å². The van der Waals surface area contributed by atoms with E-state index < -0.39 is 29.4 Å². The largest absolute Gasteiger partial charge is 0.494 e. The SMILES string of the molecule is O=C(O)Cc1cccc(OCCCN2C(=O)/C(=C/c3cc(-c4cc(C(F)(F)F)cc(C(F)(F)F)c4)cs3)SC2=S)c1. The van der Waals surface area contributed by atoms with Gasteiger partial charge >= 0.3 is 18.3 Å². The molecule has 216 valence electrons. The lowest BCUT2D eigenvalue weighted by molar-refractivity contribution is -0.143. The second kappa shape index (κ2) is 12.2. The van der Waals surface area contributed by atoms with E-state index in [-0.39, 0.29) is 47.6 Å². The topological polar surface area (TPSA) is 66.8 Å². The number of ether oxygens (including phenoxy) is 1. The second-order valence-electron chi connectivity index (χ2n) is 8.79. The Balaban J connectivity index is 1.42. The van der Waals surface area contributed by atoms with E-state index in [1.807, 2.05) is 0 Å². The van der Waals surface area contributed by atoms with E-state index in [4.69, 9.17) is 22.1 Å². The maximum Gasteiger partial charge on any atom is 0.416 e. The number of aliphatic carboxylic acids is 1. The fourth-order valence-electron chi connectivity index (χ4n) is 3.86. The van der Waals surface area contributed by atoms with Crippen LogP contribution < -0.4 is 4.74 Å². The molecule has 1 aromatic heterocycles. The molecular formula is C27H19F6NO4S3. The monoisotopic (exact) mass is 631 g/mol. The third-order valence-corrected chi connectivity index (χ3v) is 7.99. The Morgan fingerprint density at radius 2 is 1.68 bits per heavy atom. The lowest BCUT2D eigenvalue weighted by Gasteiger charge is -2.14. The van der Waals surface area contributed by atoms with E-state index in [9.17, 15) is 35.9 Å². The molecule has 0 aliphatic carbocycles. The lowest BCUT2D eigenvalue weighted by Crippen LogP contribution is -2.29. The smallest absolute Gasteiger partial charge is 0.416 e. The predicted molar refractivity (Wildman–Crippen MR) is 148 cm³/mol. The molecule has 0 spiro atoms. The highest BCUT2D eigenvalue weighted by Gasteiger charge is 2.37. The van der Waals surface area contributed by atoms with Gasteiger partial charge in [0.05, 0.1) is 29.1 Å². The summed E-state index contributed by atoms with van der Waals surface area (Å²) < 4.78 is 85.4. The first kappa shape index (κ1) is 30.6. The molecule has 1 saturated heterocycles. The number of halogens is 6. The van der Waals surface area contributed by atoms with E-state index in [2.05, 4.69) is 0 Å². The minimum absolute atomic E-state index is 0.0731. The molecule has 1 aliphatic rings. The number of thioether (sulfide) groups is 1. The highest BCUT2D eigenvalue weighted by Crippen LogP contribution is 2.40. The van der Waals surface area contributed by atoms with Crippen molar-refractivity contribution < 1.29 is 45.8 Å². The maximum atomic E-state index is 13.2. The zero-order valence-corrected chi connectivity index (χ0v) is 23.2. The Morgan fingerprint density at radius 3 is 2.32 bits per heavy atom. The van der Waals surface area contributed by atoms with Crippen molar-refractivity contribution >= 4 is 57.6 Å². The third kappa shape index (κ3) is 7.89. The number of thiophene rings is 1. The summed E-state index contributed by atoms with van der Waals surface area (Å²) in [5, 5.41) is 10.3. The zero-order chi connectivity index (χ0) is 29.9. The van der Waals surface area contributed by atoms with Crippen molar-refractivity contribution in [3.8, 4) is 16.9 Å². The van der Waals surface area contributed by atoms with Crippen molar-refractivity contribution in [3.05, 3.63) is 80.4 Å². The Morgan fingerprint density at radius 1 is 1.00 bits per heavy atom. The molecule has 0 bridgehead atoms. The van der Waals surface area contributed by atoms with Gasteiger partial charge in [-0.1, -0.05) is 36.1 Å². The van der Waals surface area contributed by atoms with Crippen molar-refractivity contribution in [1.29, 1.82) is 0 Å². The molecule has 2 heterocycles. The number of thiocarbonyl (C=S) groups is 1. The molecule has 2 aromatic carbocycles. The summed E-state index contributed by atoms with van der Waals surface area (Å²) in [5.74, 6) is -0.850. The van der Waals surface area contributed by atoms with Crippen LogP contribution in [0.25, 0.3) is 17.2 Å². The lowest BCUT2D eigenvalue weighted by atomic mass is 10.0. The minimum Gasteiger partial charge on any atom is -0.494 e. The van der Waals surface area contributed by atoms with E-state index >= 15 is 0 Å². The summed E-state index contributed by atoms with van der Waals surface area (Å²) in [7, 11) is 0. The molecule has 0 radical (unpaired) electrons. The number of carbonyl (C=O) groups is 2. The number of hydrogen-bond donors (Lipinski definition) is 1. The highest BCUT2D eigenvalue weighted by atomic mass is 32.2. The predicted octanol–water partition coefficient (Wildman–Crippen LogP) is 7.75. The fourth-order valence-corrected chi connectivity index (χ4v) is 6.08. The van der Waals surface area contributed by atoms with Gasteiger partial charge in [0.2, 0.25) is 0 Å². The molecule has 1 fully saturated rings. The van der Waals surface area contributed by atoms with Crippen LogP contribution in [0.3, 0.4) is 0 Å².